The van der Waals surface area contributed by atoms with Gasteiger partial charge in [-0.05, 0) is 55.2 Å². The highest BCUT2D eigenvalue weighted by molar-refractivity contribution is 5.93. The zero-order valence-electron chi connectivity index (χ0n) is 44.2. The molecule has 3 atom stereocenters. The molecule has 1 fully saturated rings. The number of unbranched alkanes of at least 4 members (excludes halogenated alkanes) is 15. The van der Waals surface area contributed by atoms with E-state index in [4.69, 9.17) is 0 Å². The maximum absolute atomic E-state index is 14.6. The summed E-state index contributed by atoms with van der Waals surface area (Å²) in [5.41, 5.74) is 2.65. The van der Waals surface area contributed by atoms with Crippen molar-refractivity contribution in [1.29, 1.82) is 0 Å². The second kappa shape index (κ2) is 35.6. The first-order chi connectivity index (χ1) is 35.1. The van der Waals surface area contributed by atoms with Gasteiger partial charge in [0.25, 0.3) is 0 Å². The molecule has 1 aliphatic carbocycles. The number of carbonyl (C=O) groups excluding carboxylic acids is 6. The van der Waals surface area contributed by atoms with Gasteiger partial charge in [0, 0.05) is 56.7 Å². The Hall–Kier alpha value is -5.52. The minimum absolute atomic E-state index is 0.114. The van der Waals surface area contributed by atoms with Crippen LogP contribution in [0.1, 0.15) is 172 Å². The van der Waals surface area contributed by atoms with Crippen LogP contribution in [-0.2, 0) is 48.0 Å². The van der Waals surface area contributed by atoms with Gasteiger partial charge in [0.05, 0.1) is 0 Å². The summed E-state index contributed by atoms with van der Waals surface area (Å²) in [5.74, 6) is -4.58. The van der Waals surface area contributed by atoms with E-state index in [-0.39, 0.29) is 56.2 Å². The molecular formula is C60H90N6O6. The third kappa shape index (κ3) is 23.4. The summed E-state index contributed by atoms with van der Waals surface area (Å²) in [5, 5.41) is 18.3. The molecule has 396 valence electrons. The van der Waals surface area contributed by atoms with Crippen molar-refractivity contribution >= 4 is 35.4 Å². The molecule has 12 heteroatoms. The van der Waals surface area contributed by atoms with Crippen LogP contribution in [0.15, 0.2) is 91.0 Å². The third-order valence-electron chi connectivity index (χ3n) is 14.1. The summed E-state index contributed by atoms with van der Waals surface area (Å²) in [6.07, 6.45) is 20.5. The van der Waals surface area contributed by atoms with Crippen LogP contribution in [-0.4, -0.2) is 73.2 Å². The summed E-state index contributed by atoms with van der Waals surface area (Å²) in [6.45, 7) is 8.03. The van der Waals surface area contributed by atoms with Gasteiger partial charge in [-0.1, -0.05) is 208 Å². The number of hydrogen-bond acceptors (Lipinski definition) is 6. The second-order valence-electron chi connectivity index (χ2n) is 20.2. The Morgan fingerprint density at radius 3 is 0.847 bits per heavy atom. The SMILES string of the molecule is CCCCCCCCNC(=O)[C@H](Cc1ccccc1)NC(=O)C1CC(C(=O)N[C@@H](Cc2ccccc2)C(=O)NCCCCCCCC)CC(C(=O)N[C@@H](Cc2ccccc2)C(=O)NCCCCCCCC)C1. The summed E-state index contributed by atoms with van der Waals surface area (Å²) < 4.78 is 0. The molecule has 0 bridgehead atoms. The minimum atomic E-state index is -0.891. The fourth-order valence-electron chi connectivity index (χ4n) is 9.73. The number of carbonyl (C=O) groups is 6. The van der Waals surface area contributed by atoms with Gasteiger partial charge in [0.2, 0.25) is 35.4 Å². The van der Waals surface area contributed by atoms with Gasteiger partial charge in [0.15, 0.2) is 0 Å². The molecule has 1 aliphatic rings. The molecule has 6 amide bonds. The van der Waals surface area contributed by atoms with Gasteiger partial charge in [-0.2, -0.15) is 0 Å². The van der Waals surface area contributed by atoms with Crippen LogP contribution in [0.2, 0.25) is 0 Å². The number of benzene rings is 3. The molecule has 0 radical (unpaired) electrons. The highest BCUT2D eigenvalue weighted by atomic mass is 16.2. The Morgan fingerprint density at radius 1 is 0.361 bits per heavy atom. The average molecular weight is 991 g/mol. The minimum Gasteiger partial charge on any atom is -0.354 e. The lowest BCUT2D eigenvalue weighted by atomic mass is 9.73. The maximum Gasteiger partial charge on any atom is 0.242 e. The summed E-state index contributed by atoms with van der Waals surface area (Å²) in [4.78, 5) is 85.6. The molecule has 4 rings (SSSR count). The number of amides is 6. The maximum atomic E-state index is 14.6. The number of hydrogen-bond donors (Lipinski definition) is 6. The smallest absolute Gasteiger partial charge is 0.242 e. The highest BCUT2D eigenvalue weighted by Crippen LogP contribution is 2.35. The normalized spacial score (nSPS) is 16.6. The molecule has 0 aliphatic heterocycles. The van der Waals surface area contributed by atoms with Crippen molar-refractivity contribution in [2.75, 3.05) is 19.6 Å². The van der Waals surface area contributed by atoms with Gasteiger partial charge in [-0.3, -0.25) is 28.8 Å². The van der Waals surface area contributed by atoms with E-state index < -0.39 is 53.6 Å². The van der Waals surface area contributed by atoms with Crippen LogP contribution in [0.3, 0.4) is 0 Å². The van der Waals surface area contributed by atoms with E-state index in [1.165, 1.54) is 19.3 Å². The lowest BCUT2D eigenvalue weighted by Crippen LogP contribution is -2.54. The molecule has 0 heterocycles. The van der Waals surface area contributed by atoms with Crippen molar-refractivity contribution in [2.24, 2.45) is 17.8 Å². The molecule has 6 N–H and O–H groups in total. The molecule has 3 aromatic rings. The van der Waals surface area contributed by atoms with Crippen molar-refractivity contribution in [3.05, 3.63) is 108 Å². The lowest BCUT2D eigenvalue weighted by Gasteiger charge is -2.35. The molecule has 0 spiro atoms. The predicted octanol–water partition coefficient (Wildman–Crippen LogP) is 9.63. The van der Waals surface area contributed by atoms with E-state index >= 15 is 0 Å². The van der Waals surface area contributed by atoms with Gasteiger partial charge in [-0.25, -0.2) is 0 Å². The van der Waals surface area contributed by atoms with Gasteiger partial charge in [-0.15, -0.1) is 0 Å². The Balaban J connectivity index is 1.58. The van der Waals surface area contributed by atoms with E-state index in [1.54, 1.807) is 0 Å². The van der Waals surface area contributed by atoms with E-state index in [0.29, 0.717) is 19.6 Å². The zero-order valence-corrected chi connectivity index (χ0v) is 44.2. The molecule has 1 saturated carbocycles. The molecule has 0 saturated heterocycles. The highest BCUT2D eigenvalue weighted by Gasteiger charge is 2.41. The Morgan fingerprint density at radius 2 is 0.597 bits per heavy atom. The van der Waals surface area contributed by atoms with E-state index in [2.05, 4.69) is 52.7 Å². The predicted molar refractivity (Wildman–Crippen MR) is 290 cm³/mol. The largest absolute Gasteiger partial charge is 0.354 e. The van der Waals surface area contributed by atoms with Crippen LogP contribution >= 0.6 is 0 Å². The van der Waals surface area contributed by atoms with Crippen LogP contribution in [0, 0.1) is 17.8 Å². The van der Waals surface area contributed by atoms with Crippen molar-refractivity contribution < 1.29 is 28.8 Å². The average Bonchev–Trinajstić information content (AvgIpc) is 3.40. The number of nitrogens with one attached hydrogen (secondary N) is 6. The molecule has 3 aromatic carbocycles. The Kier molecular flexibility index (Phi) is 29.2. The molecule has 0 unspecified atom stereocenters. The van der Waals surface area contributed by atoms with Crippen molar-refractivity contribution in [3.8, 4) is 0 Å². The number of rotatable bonds is 36. The second-order valence-corrected chi connectivity index (χ2v) is 20.2. The summed E-state index contributed by atoms with van der Waals surface area (Å²) in [6, 6.07) is 26.0. The third-order valence-corrected chi connectivity index (χ3v) is 14.1. The standard InChI is InChI=1S/C60H90N6O6/c1-4-7-10-13-16-28-37-61-58(70)52(40-46-31-22-19-23-32-46)64-55(67)49-43-50(56(68)65-53(41-47-33-24-20-25-34-47)59(71)62-38-29-17-14-11-8-5-2)45-51(44-49)57(69)66-54(42-48-35-26-21-27-36-48)60(72)63-39-30-18-15-12-9-6-3/h19-27,31-36,49-54H,4-18,28-30,37-45H2,1-3H3,(H,61,70)(H,62,71)(H,63,72)(H,64,67)(H,65,68)(H,66,69)/t49?,50?,51?,52-,53-,54-/m0/s1. The van der Waals surface area contributed by atoms with E-state index in [9.17, 15) is 28.8 Å². The van der Waals surface area contributed by atoms with Crippen molar-refractivity contribution in [1.82, 2.24) is 31.9 Å². The van der Waals surface area contributed by atoms with Crippen LogP contribution in [0.4, 0.5) is 0 Å². The zero-order chi connectivity index (χ0) is 51.6. The van der Waals surface area contributed by atoms with E-state index in [1.807, 2.05) is 91.0 Å². The monoisotopic (exact) mass is 991 g/mol. The lowest BCUT2D eigenvalue weighted by molar-refractivity contribution is -0.139. The molecular weight excluding hydrogens is 901 g/mol. The van der Waals surface area contributed by atoms with Gasteiger partial charge < -0.3 is 31.9 Å². The van der Waals surface area contributed by atoms with Crippen LogP contribution in [0.5, 0.6) is 0 Å². The van der Waals surface area contributed by atoms with Gasteiger partial charge >= 0.3 is 0 Å². The molecule has 12 nitrogen and oxygen atoms in total. The van der Waals surface area contributed by atoms with Crippen LogP contribution in [0.25, 0.3) is 0 Å². The van der Waals surface area contributed by atoms with Crippen LogP contribution < -0.4 is 31.9 Å². The Labute approximate surface area is 432 Å². The van der Waals surface area contributed by atoms with Crippen molar-refractivity contribution in [3.63, 3.8) is 0 Å². The molecule has 0 aromatic heterocycles. The first-order valence-corrected chi connectivity index (χ1v) is 28.0. The van der Waals surface area contributed by atoms with E-state index in [0.717, 1.165) is 113 Å². The molecule has 72 heavy (non-hydrogen) atoms. The summed E-state index contributed by atoms with van der Waals surface area (Å²) >= 11 is 0. The fraction of sp³-hybridized carbons (Fsp3) is 0.600. The fourth-order valence-corrected chi connectivity index (χ4v) is 9.73. The summed E-state index contributed by atoms with van der Waals surface area (Å²) in [7, 11) is 0. The Bertz CT molecular complexity index is 1770. The first-order valence-electron chi connectivity index (χ1n) is 28.0. The topological polar surface area (TPSA) is 175 Å². The van der Waals surface area contributed by atoms with Gasteiger partial charge in [0.1, 0.15) is 18.1 Å². The first kappa shape index (κ1) is 59.0. The quantitative estimate of drug-likeness (QED) is 0.0317. The van der Waals surface area contributed by atoms with Crippen molar-refractivity contribution in [2.45, 2.75) is 193 Å².